The lowest BCUT2D eigenvalue weighted by Crippen LogP contribution is -2.05. The third-order valence-electron chi connectivity index (χ3n) is 6.41. The van der Waals surface area contributed by atoms with Gasteiger partial charge in [-0.25, -0.2) is 0 Å². The first-order valence-corrected chi connectivity index (χ1v) is 10.9. The van der Waals surface area contributed by atoms with E-state index in [2.05, 4.69) is 59.1 Å². The molecule has 6 nitrogen and oxygen atoms in total. The molecule has 6 rings (SSSR count). The van der Waals surface area contributed by atoms with Crippen molar-refractivity contribution in [3.8, 4) is 39.8 Å². The van der Waals surface area contributed by atoms with Crippen molar-refractivity contribution in [1.29, 1.82) is 0 Å². The maximum atomic E-state index is 5.67. The van der Waals surface area contributed by atoms with Gasteiger partial charge in [0.2, 0.25) is 6.79 Å². The van der Waals surface area contributed by atoms with Crippen molar-refractivity contribution < 1.29 is 14.2 Å². The minimum atomic E-state index is 0.224. The van der Waals surface area contributed by atoms with Crippen LogP contribution in [0, 0.1) is 13.8 Å². The maximum absolute atomic E-state index is 5.67. The lowest BCUT2D eigenvalue weighted by molar-refractivity contribution is 0.174. The highest BCUT2D eigenvalue weighted by Crippen LogP contribution is 2.42. The Hall–Kier alpha value is -4.06. The Kier molecular flexibility index (Phi) is 4.47. The molecule has 3 heterocycles. The van der Waals surface area contributed by atoms with Gasteiger partial charge in [-0.3, -0.25) is 0 Å². The monoisotopic (exact) mass is 437 g/mol. The largest absolute Gasteiger partial charge is 0.496 e. The number of para-hydroxylation sites is 1. The molecule has 164 valence electrons. The Morgan fingerprint density at radius 3 is 2.52 bits per heavy atom. The number of aryl methyl sites for hydroxylation is 2. The molecule has 3 aromatic carbocycles. The van der Waals surface area contributed by atoms with Gasteiger partial charge in [0.05, 0.1) is 19.2 Å². The molecule has 0 fully saturated rings. The zero-order chi connectivity index (χ0) is 22.5. The number of rotatable bonds is 4. The highest BCUT2D eigenvalue weighted by atomic mass is 16.7. The van der Waals surface area contributed by atoms with Crippen LogP contribution in [0.5, 0.6) is 17.2 Å². The van der Waals surface area contributed by atoms with Gasteiger partial charge in [0.15, 0.2) is 11.5 Å². The van der Waals surface area contributed by atoms with E-state index in [1.807, 2.05) is 30.3 Å². The summed E-state index contributed by atoms with van der Waals surface area (Å²) in [6, 6.07) is 18.5. The normalized spacial score (nSPS) is 12.6. The van der Waals surface area contributed by atoms with Crippen LogP contribution in [0.4, 0.5) is 0 Å². The van der Waals surface area contributed by atoms with Gasteiger partial charge in [-0.05, 0) is 43.2 Å². The van der Waals surface area contributed by atoms with Crippen LogP contribution in [0.15, 0.2) is 60.8 Å². The van der Waals surface area contributed by atoms with Gasteiger partial charge in [-0.2, -0.15) is 0 Å². The van der Waals surface area contributed by atoms with Crippen molar-refractivity contribution in [3.05, 3.63) is 77.5 Å². The van der Waals surface area contributed by atoms with Crippen LogP contribution in [-0.4, -0.2) is 28.7 Å². The van der Waals surface area contributed by atoms with Crippen LogP contribution in [0.3, 0.4) is 0 Å². The predicted molar refractivity (Wildman–Crippen MR) is 127 cm³/mol. The number of hydrogen-bond acceptors (Lipinski definition) is 5. The predicted octanol–water partition coefficient (Wildman–Crippen LogP) is 5.61. The van der Waals surface area contributed by atoms with E-state index in [0.29, 0.717) is 6.54 Å². The zero-order valence-corrected chi connectivity index (χ0v) is 18.8. The first kappa shape index (κ1) is 19.6. The molecule has 0 aromatic heterocycles. The molecule has 3 aromatic rings. The average Bonchev–Trinajstić information content (AvgIpc) is 3.47. The smallest absolute Gasteiger partial charge is 0.231 e. The van der Waals surface area contributed by atoms with E-state index in [4.69, 9.17) is 14.2 Å². The fourth-order valence-corrected chi connectivity index (χ4v) is 4.47. The minimum Gasteiger partial charge on any atom is -0.496 e. The molecule has 3 aliphatic rings. The summed E-state index contributed by atoms with van der Waals surface area (Å²) in [7, 11) is 1.70. The molecule has 0 saturated heterocycles. The zero-order valence-electron chi connectivity index (χ0n) is 18.8. The summed E-state index contributed by atoms with van der Waals surface area (Å²) >= 11 is 0. The van der Waals surface area contributed by atoms with Crippen molar-refractivity contribution in [1.82, 2.24) is 14.8 Å². The van der Waals surface area contributed by atoms with E-state index in [-0.39, 0.29) is 6.79 Å². The van der Waals surface area contributed by atoms with Crippen molar-refractivity contribution in [2.24, 2.45) is 0 Å². The van der Waals surface area contributed by atoms with E-state index >= 15 is 0 Å². The Morgan fingerprint density at radius 1 is 0.909 bits per heavy atom. The standard InChI is InChI=1S/C27H23N3O3/c1-16-8-9-18(10-17(16)2)26-21-14-30(13-19-6-4-5-7-23(19)31-3)22-12-25-24(32-15-33-25)11-20(22)27(21)29-28-26/h4-12,14H,13,15H2,1-3H3. The summed E-state index contributed by atoms with van der Waals surface area (Å²) in [6.45, 7) is 5.09. The van der Waals surface area contributed by atoms with Crippen LogP contribution in [-0.2, 0) is 6.54 Å². The number of ether oxygens (including phenoxy) is 3. The second-order valence-corrected chi connectivity index (χ2v) is 8.40. The Balaban J connectivity index is 1.60. The molecule has 0 atom stereocenters. The molecule has 3 aliphatic heterocycles. The van der Waals surface area contributed by atoms with E-state index in [1.165, 1.54) is 11.1 Å². The second kappa shape index (κ2) is 7.52. The Labute approximate surface area is 191 Å². The van der Waals surface area contributed by atoms with Crippen LogP contribution in [0.25, 0.3) is 33.4 Å². The lowest BCUT2D eigenvalue weighted by Gasteiger charge is -2.17. The Morgan fingerprint density at radius 2 is 1.70 bits per heavy atom. The summed E-state index contributed by atoms with van der Waals surface area (Å²) in [6.07, 6.45) is 2.14. The van der Waals surface area contributed by atoms with Crippen LogP contribution < -0.4 is 14.2 Å². The lowest BCUT2D eigenvalue weighted by atomic mass is 9.98. The van der Waals surface area contributed by atoms with Crippen LogP contribution in [0.1, 0.15) is 16.7 Å². The Bertz CT molecular complexity index is 1490. The second-order valence-electron chi connectivity index (χ2n) is 8.40. The molecular formula is C27H23N3O3. The van der Waals surface area contributed by atoms with E-state index in [9.17, 15) is 0 Å². The molecule has 0 unspecified atom stereocenters. The summed E-state index contributed by atoms with van der Waals surface area (Å²) in [5, 5.41) is 10.2. The number of methoxy groups -OCH3 is 1. The fraction of sp³-hybridized carbons (Fsp3) is 0.185. The summed E-state index contributed by atoms with van der Waals surface area (Å²) in [4.78, 5) is 0. The van der Waals surface area contributed by atoms with Gasteiger partial charge in [-0.1, -0.05) is 30.3 Å². The van der Waals surface area contributed by atoms with Gasteiger partial charge in [0, 0.05) is 34.3 Å². The average molecular weight is 437 g/mol. The van der Waals surface area contributed by atoms with Gasteiger partial charge in [0.25, 0.3) is 0 Å². The first-order chi connectivity index (χ1) is 16.1. The number of aromatic nitrogens is 3. The quantitative estimate of drug-likeness (QED) is 0.366. The molecule has 0 radical (unpaired) electrons. The van der Waals surface area contributed by atoms with Crippen molar-refractivity contribution >= 4 is 10.9 Å². The number of nitrogens with zero attached hydrogens (tertiary/aromatic N) is 3. The number of benzene rings is 3. The van der Waals surface area contributed by atoms with Crippen LogP contribution in [0.2, 0.25) is 0 Å². The number of fused-ring (bicyclic) bond motifs is 4. The molecule has 0 N–H and O–H groups in total. The van der Waals surface area contributed by atoms with Crippen molar-refractivity contribution in [2.45, 2.75) is 20.4 Å². The van der Waals surface area contributed by atoms with Crippen LogP contribution >= 0.6 is 0 Å². The number of pyridine rings is 1. The molecule has 0 spiro atoms. The van der Waals surface area contributed by atoms with Gasteiger partial charge in [-0.15, -0.1) is 10.2 Å². The number of hydrogen-bond donors (Lipinski definition) is 0. The summed E-state index contributed by atoms with van der Waals surface area (Å²) in [5.74, 6) is 2.33. The maximum Gasteiger partial charge on any atom is 0.231 e. The summed E-state index contributed by atoms with van der Waals surface area (Å²) < 4.78 is 19.2. The molecule has 33 heavy (non-hydrogen) atoms. The van der Waals surface area contributed by atoms with E-state index in [0.717, 1.165) is 56.2 Å². The topological polar surface area (TPSA) is 58.4 Å². The highest BCUT2D eigenvalue weighted by molar-refractivity contribution is 5.99. The third-order valence-corrected chi connectivity index (χ3v) is 6.41. The van der Waals surface area contributed by atoms with Gasteiger partial charge < -0.3 is 18.8 Å². The summed E-state index contributed by atoms with van der Waals surface area (Å²) in [5.41, 5.74) is 8.37. The third kappa shape index (κ3) is 3.18. The molecule has 0 bridgehead atoms. The molecule has 6 heteroatoms. The van der Waals surface area contributed by atoms with Gasteiger partial charge >= 0.3 is 0 Å². The fourth-order valence-electron chi connectivity index (χ4n) is 4.47. The SMILES string of the molecule is COc1ccccc1Cn1cc2c(-c3ccc(C)c(C)c3)nnc-2c2cc3c(cc21)OCO3. The molecule has 0 aliphatic carbocycles. The van der Waals surface area contributed by atoms with E-state index < -0.39 is 0 Å². The van der Waals surface area contributed by atoms with Crippen molar-refractivity contribution in [3.63, 3.8) is 0 Å². The van der Waals surface area contributed by atoms with E-state index in [1.54, 1.807) is 7.11 Å². The minimum absolute atomic E-state index is 0.224. The first-order valence-electron chi connectivity index (χ1n) is 10.9. The molecule has 0 amide bonds. The molecule has 0 saturated carbocycles. The highest BCUT2D eigenvalue weighted by Gasteiger charge is 2.24. The van der Waals surface area contributed by atoms with Gasteiger partial charge in [0.1, 0.15) is 17.1 Å². The molecular weight excluding hydrogens is 414 g/mol. The van der Waals surface area contributed by atoms with Crippen molar-refractivity contribution in [2.75, 3.05) is 13.9 Å².